The number of hydrogen-bond acceptors (Lipinski definition) is 5. The molecular formula is C12H23NO5. The minimum atomic E-state index is -0.682. The fourth-order valence-electron chi connectivity index (χ4n) is 1.45. The summed E-state index contributed by atoms with van der Waals surface area (Å²) in [6.45, 7) is 5.65. The van der Waals surface area contributed by atoms with E-state index in [9.17, 15) is 14.7 Å². The first-order valence-corrected chi connectivity index (χ1v) is 6.14. The van der Waals surface area contributed by atoms with Gasteiger partial charge in [-0.15, -0.1) is 0 Å². The Kier molecular flexibility index (Phi) is 8.11. The second kappa shape index (κ2) is 8.74. The number of carbonyl (C=O) groups is 2. The number of amides is 1. The minimum Gasteiger partial charge on any atom is -0.465 e. The summed E-state index contributed by atoms with van der Waals surface area (Å²) in [5.41, 5.74) is -0.435. The van der Waals surface area contributed by atoms with Gasteiger partial charge in [0.25, 0.3) is 0 Å². The topological polar surface area (TPSA) is 84.9 Å². The van der Waals surface area contributed by atoms with Crippen molar-refractivity contribution in [1.82, 2.24) is 5.32 Å². The second-order valence-electron chi connectivity index (χ2n) is 4.45. The molecule has 0 saturated heterocycles. The summed E-state index contributed by atoms with van der Waals surface area (Å²) in [7, 11) is 0. The average molecular weight is 261 g/mol. The van der Waals surface area contributed by atoms with E-state index in [2.05, 4.69) is 10.1 Å². The van der Waals surface area contributed by atoms with Crippen LogP contribution in [0.2, 0.25) is 0 Å². The highest BCUT2D eigenvalue weighted by Gasteiger charge is 2.24. The number of ether oxygens (including phenoxy) is 2. The first-order valence-electron chi connectivity index (χ1n) is 6.14. The maximum atomic E-state index is 11.3. The number of nitrogens with one attached hydrogen (secondary N) is 1. The van der Waals surface area contributed by atoms with Crippen molar-refractivity contribution in [3.8, 4) is 0 Å². The monoisotopic (exact) mass is 261 g/mol. The number of carbonyl (C=O) groups excluding carboxylic acids is 2. The van der Waals surface area contributed by atoms with Gasteiger partial charge in [-0.05, 0) is 13.3 Å². The van der Waals surface area contributed by atoms with Crippen molar-refractivity contribution >= 4 is 12.1 Å². The molecule has 1 atom stereocenters. The Labute approximate surface area is 108 Å². The number of esters is 1. The van der Waals surface area contributed by atoms with E-state index >= 15 is 0 Å². The molecule has 18 heavy (non-hydrogen) atoms. The number of alkyl carbamates (subject to hydrolysis) is 1. The van der Waals surface area contributed by atoms with Crippen molar-refractivity contribution in [2.45, 2.75) is 33.6 Å². The van der Waals surface area contributed by atoms with Gasteiger partial charge in [0.05, 0.1) is 13.2 Å². The maximum Gasteiger partial charge on any atom is 0.407 e. The van der Waals surface area contributed by atoms with Crippen molar-refractivity contribution in [1.29, 1.82) is 0 Å². The lowest BCUT2D eigenvalue weighted by atomic mass is 9.88. The molecule has 0 spiro atoms. The molecule has 0 aliphatic rings. The van der Waals surface area contributed by atoms with Crippen LogP contribution >= 0.6 is 0 Å². The normalized spacial score (nSPS) is 13.6. The lowest BCUT2D eigenvalue weighted by Gasteiger charge is -2.25. The van der Waals surface area contributed by atoms with Gasteiger partial charge in [0, 0.05) is 5.41 Å². The van der Waals surface area contributed by atoms with Gasteiger partial charge in [-0.3, -0.25) is 4.79 Å². The largest absolute Gasteiger partial charge is 0.465 e. The van der Waals surface area contributed by atoms with Crippen LogP contribution in [0.4, 0.5) is 4.79 Å². The predicted octanol–water partition coefficient (Wildman–Crippen LogP) is 1.07. The Morgan fingerprint density at radius 1 is 1.28 bits per heavy atom. The molecule has 0 bridgehead atoms. The van der Waals surface area contributed by atoms with Crippen molar-refractivity contribution in [2.75, 3.05) is 26.4 Å². The lowest BCUT2D eigenvalue weighted by Crippen LogP contribution is -2.35. The first kappa shape index (κ1) is 16.7. The van der Waals surface area contributed by atoms with Crippen molar-refractivity contribution < 1.29 is 24.2 Å². The third-order valence-corrected chi connectivity index (χ3v) is 2.47. The molecule has 6 heteroatoms. The molecule has 0 heterocycles. The smallest absolute Gasteiger partial charge is 0.407 e. The summed E-state index contributed by atoms with van der Waals surface area (Å²) in [4.78, 5) is 22.3. The molecule has 0 aliphatic heterocycles. The summed E-state index contributed by atoms with van der Waals surface area (Å²) < 4.78 is 9.61. The molecule has 1 unspecified atom stereocenters. The molecule has 0 saturated carbocycles. The zero-order valence-corrected chi connectivity index (χ0v) is 11.3. The van der Waals surface area contributed by atoms with Gasteiger partial charge in [-0.1, -0.05) is 20.3 Å². The van der Waals surface area contributed by atoms with E-state index in [1.807, 2.05) is 13.8 Å². The SMILES string of the molecule is CCCC(C)(CO)COC(=O)NCC(=O)OCC. The summed E-state index contributed by atoms with van der Waals surface area (Å²) >= 11 is 0. The molecule has 0 aromatic heterocycles. The molecule has 0 aromatic rings. The van der Waals surface area contributed by atoms with Crippen LogP contribution in [0.15, 0.2) is 0 Å². The van der Waals surface area contributed by atoms with E-state index in [-0.39, 0.29) is 26.4 Å². The molecular weight excluding hydrogens is 238 g/mol. The number of aliphatic hydroxyl groups is 1. The van der Waals surface area contributed by atoms with E-state index in [4.69, 9.17) is 4.74 Å². The van der Waals surface area contributed by atoms with Gasteiger partial charge in [0.2, 0.25) is 0 Å². The van der Waals surface area contributed by atoms with Gasteiger partial charge >= 0.3 is 12.1 Å². The van der Waals surface area contributed by atoms with Crippen molar-refractivity contribution in [3.63, 3.8) is 0 Å². The number of aliphatic hydroxyl groups excluding tert-OH is 1. The third kappa shape index (κ3) is 7.11. The summed E-state index contributed by atoms with van der Waals surface area (Å²) in [5.74, 6) is -0.507. The molecule has 6 nitrogen and oxygen atoms in total. The zero-order chi connectivity index (χ0) is 14.0. The highest BCUT2D eigenvalue weighted by atomic mass is 16.6. The Morgan fingerprint density at radius 3 is 2.44 bits per heavy atom. The molecule has 0 fully saturated rings. The third-order valence-electron chi connectivity index (χ3n) is 2.47. The van der Waals surface area contributed by atoms with Crippen LogP contribution in [0, 0.1) is 5.41 Å². The van der Waals surface area contributed by atoms with E-state index in [1.165, 1.54) is 0 Å². The van der Waals surface area contributed by atoms with Crippen molar-refractivity contribution in [2.24, 2.45) is 5.41 Å². The lowest BCUT2D eigenvalue weighted by molar-refractivity contribution is -0.141. The predicted molar refractivity (Wildman–Crippen MR) is 66.1 cm³/mol. The summed E-state index contributed by atoms with van der Waals surface area (Å²) in [6, 6.07) is 0. The zero-order valence-electron chi connectivity index (χ0n) is 11.3. The number of hydrogen-bond donors (Lipinski definition) is 2. The molecule has 1 amide bonds. The van der Waals surface area contributed by atoms with E-state index < -0.39 is 17.5 Å². The highest BCUT2D eigenvalue weighted by molar-refractivity contribution is 5.77. The quantitative estimate of drug-likeness (QED) is 0.638. The minimum absolute atomic E-state index is 0.0496. The molecule has 0 radical (unpaired) electrons. The molecule has 0 aliphatic carbocycles. The Morgan fingerprint density at radius 2 is 1.94 bits per heavy atom. The van der Waals surface area contributed by atoms with Crippen LogP contribution in [-0.4, -0.2) is 43.5 Å². The van der Waals surface area contributed by atoms with Gasteiger partial charge in [-0.25, -0.2) is 4.79 Å². The Bertz CT molecular complexity index is 269. The maximum absolute atomic E-state index is 11.3. The van der Waals surface area contributed by atoms with Crippen LogP contribution in [0.1, 0.15) is 33.6 Å². The average Bonchev–Trinajstić information content (AvgIpc) is 2.35. The molecule has 0 aromatic carbocycles. The molecule has 0 rings (SSSR count). The Hall–Kier alpha value is -1.30. The Balaban J connectivity index is 3.91. The molecule has 106 valence electrons. The standard InChI is InChI=1S/C12H23NO5/c1-4-6-12(3,8-14)9-18-11(16)13-7-10(15)17-5-2/h14H,4-9H2,1-3H3,(H,13,16). The number of rotatable bonds is 8. The van der Waals surface area contributed by atoms with Crippen LogP contribution in [-0.2, 0) is 14.3 Å². The van der Waals surface area contributed by atoms with Crippen LogP contribution < -0.4 is 5.32 Å². The van der Waals surface area contributed by atoms with Gasteiger partial charge in [0.1, 0.15) is 13.2 Å². The van der Waals surface area contributed by atoms with Crippen LogP contribution in [0.25, 0.3) is 0 Å². The van der Waals surface area contributed by atoms with E-state index in [1.54, 1.807) is 6.92 Å². The summed E-state index contributed by atoms with van der Waals surface area (Å²) in [6.07, 6.45) is 0.971. The van der Waals surface area contributed by atoms with Crippen LogP contribution in [0.3, 0.4) is 0 Å². The van der Waals surface area contributed by atoms with E-state index in [0.29, 0.717) is 0 Å². The van der Waals surface area contributed by atoms with Crippen molar-refractivity contribution in [3.05, 3.63) is 0 Å². The fraction of sp³-hybridized carbons (Fsp3) is 0.833. The van der Waals surface area contributed by atoms with E-state index in [0.717, 1.165) is 12.8 Å². The first-order chi connectivity index (χ1) is 8.47. The van der Waals surface area contributed by atoms with Gasteiger partial charge in [-0.2, -0.15) is 0 Å². The molecule has 2 N–H and O–H groups in total. The van der Waals surface area contributed by atoms with Gasteiger partial charge in [0.15, 0.2) is 0 Å². The highest BCUT2D eigenvalue weighted by Crippen LogP contribution is 2.22. The van der Waals surface area contributed by atoms with Gasteiger partial charge < -0.3 is 19.9 Å². The fourth-order valence-corrected chi connectivity index (χ4v) is 1.45. The summed E-state index contributed by atoms with van der Waals surface area (Å²) in [5, 5.41) is 11.5. The van der Waals surface area contributed by atoms with Crippen LogP contribution in [0.5, 0.6) is 0 Å². The second-order valence-corrected chi connectivity index (χ2v) is 4.45.